The van der Waals surface area contributed by atoms with Crippen LogP contribution in [0.15, 0.2) is 59.5 Å². The van der Waals surface area contributed by atoms with E-state index in [0.717, 1.165) is 0 Å². The molecule has 0 spiro atoms. The molecule has 1 N–H and O–H groups in total. The van der Waals surface area contributed by atoms with Crippen LogP contribution in [0.1, 0.15) is 23.2 Å². The number of hydrogen-bond donors (Lipinski definition) is 1. The minimum atomic E-state index is -0.584. The molecule has 2 heterocycles. The number of esters is 1. The predicted molar refractivity (Wildman–Crippen MR) is 85.7 cm³/mol. The van der Waals surface area contributed by atoms with Gasteiger partial charge in [0.15, 0.2) is 0 Å². The van der Waals surface area contributed by atoms with Crippen molar-refractivity contribution in [3.05, 3.63) is 66.6 Å². The number of rotatable bonds is 5. The number of benzene rings is 1. The average Bonchev–Trinajstić information content (AvgIpc) is 3.21. The Morgan fingerprint density at radius 3 is 2.67 bits per heavy atom. The smallest absolute Gasteiger partial charge is 0.379 e. The number of carbonyl (C=O) groups excluding carboxylic acids is 2. The second-order valence-corrected chi connectivity index (χ2v) is 5.10. The van der Waals surface area contributed by atoms with Crippen LogP contribution in [0.2, 0.25) is 0 Å². The minimum Gasteiger partial charge on any atom is -0.452 e. The SMILES string of the molecule is CC(=O)Nc1ccc(OC(=O)c2ccc(Cn3ccnc3)o2)cc1. The third-order valence-corrected chi connectivity index (χ3v) is 3.15. The Bertz CT molecular complexity index is 835. The first kappa shape index (κ1) is 15.5. The fourth-order valence-corrected chi connectivity index (χ4v) is 2.10. The summed E-state index contributed by atoms with van der Waals surface area (Å²) >= 11 is 0. The lowest BCUT2D eigenvalue weighted by Gasteiger charge is -2.05. The molecule has 24 heavy (non-hydrogen) atoms. The highest BCUT2D eigenvalue weighted by Crippen LogP contribution is 2.18. The van der Waals surface area contributed by atoms with Crippen molar-refractivity contribution >= 4 is 17.6 Å². The van der Waals surface area contributed by atoms with Gasteiger partial charge in [-0.05, 0) is 36.4 Å². The van der Waals surface area contributed by atoms with E-state index < -0.39 is 5.97 Å². The number of carbonyl (C=O) groups is 2. The van der Waals surface area contributed by atoms with Gasteiger partial charge in [0.05, 0.1) is 12.9 Å². The molecule has 0 aliphatic rings. The van der Waals surface area contributed by atoms with Crippen LogP contribution in [0.5, 0.6) is 5.75 Å². The summed E-state index contributed by atoms with van der Waals surface area (Å²) < 4.78 is 12.6. The zero-order chi connectivity index (χ0) is 16.9. The molecule has 7 nitrogen and oxygen atoms in total. The lowest BCUT2D eigenvalue weighted by atomic mass is 10.3. The molecule has 0 aliphatic heterocycles. The molecule has 122 valence electrons. The van der Waals surface area contributed by atoms with Crippen molar-refractivity contribution in [2.24, 2.45) is 0 Å². The first-order valence-electron chi connectivity index (χ1n) is 7.24. The van der Waals surface area contributed by atoms with Crippen LogP contribution in [0.4, 0.5) is 5.69 Å². The van der Waals surface area contributed by atoms with Crippen LogP contribution in [0, 0.1) is 0 Å². The van der Waals surface area contributed by atoms with E-state index in [2.05, 4.69) is 10.3 Å². The molecule has 0 bridgehead atoms. The molecule has 1 aromatic carbocycles. The molecule has 3 aromatic rings. The van der Waals surface area contributed by atoms with Crippen LogP contribution >= 0.6 is 0 Å². The molecule has 1 amide bonds. The second-order valence-electron chi connectivity index (χ2n) is 5.10. The fraction of sp³-hybridized carbons (Fsp3) is 0.118. The number of furan rings is 1. The standard InChI is InChI=1S/C17H15N3O4/c1-12(21)19-13-2-4-14(5-3-13)24-17(22)16-7-6-15(23-16)10-20-9-8-18-11-20/h2-9,11H,10H2,1H3,(H,19,21). The van der Waals surface area contributed by atoms with E-state index in [1.807, 2.05) is 4.57 Å². The number of ether oxygens (including phenoxy) is 1. The number of nitrogens with zero attached hydrogens (tertiary/aromatic N) is 2. The van der Waals surface area contributed by atoms with Crippen LogP contribution in [0.3, 0.4) is 0 Å². The Morgan fingerprint density at radius 2 is 2.00 bits per heavy atom. The van der Waals surface area contributed by atoms with Crippen molar-refractivity contribution in [3.8, 4) is 5.75 Å². The van der Waals surface area contributed by atoms with Gasteiger partial charge in [0, 0.05) is 25.0 Å². The minimum absolute atomic E-state index is 0.121. The zero-order valence-electron chi connectivity index (χ0n) is 12.9. The van der Waals surface area contributed by atoms with Crippen molar-refractivity contribution in [3.63, 3.8) is 0 Å². The largest absolute Gasteiger partial charge is 0.452 e. The Morgan fingerprint density at radius 1 is 1.21 bits per heavy atom. The summed E-state index contributed by atoms with van der Waals surface area (Å²) in [6.45, 7) is 1.91. The van der Waals surface area contributed by atoms with E-state index in [0.29, 0.717) is 23.7 Å². The van der Waals surface area contributed by atoms with Crippen LogP contribution in [0.25, 0.3) is 0 Å². The van der Waals surface area contributed by atoms with Gasteiger partial charge >= 0.3 is 5.97 Å². The Kier molecular flexibility index (Phi) is 4.42. The average molecular weight is 325 g/mol. The Balaban J connectivity index is 1.62. The third kappa shape index (κ3) is 3.89. The van der Waals surface area contributed by atoms with Gasteiger partial charge in [-0.3, -0.25) is 4.79 Å². The van der Waals surface area contributed by atoms with Gasteiger partial charge in [-0.15, -0.1) is 0 Å². The second kappa shape index (κ2) is 6.82. The maximum atomic E-state index is 12.1. The molecular formula is C17H15N3O4. The summed E-state index contributed by atoms with van der Waals surface area (Å²) in [6, 6.07) is 9.78. The highest BCUT2D eigenvalue weighted by atomic mass is 16.5. The third-order valence-electron chi connectivity index (χ3n) is 3.15. The van der Waals surface area contributed by atoms with Gasteiger partial charge in [-0.25, -0.2) is 9.78 Å². The summed E-state index contributed by atoms with van der Waals surface area (Å²) in [6.07, 6.45) is 5.14. The molecule has 2 aromatic heterocycles. The Hall–Kier alpha value is -3.35. The quantitative estimate of drug-likeness (QED) is 0.576. The van der Waals surface area contributed by atoms with E-state index in [-0.39, 0.29) is 11.7 Å². The fourth-order valence-electron chi connectivity index (χ4n) is 2.10. The normalized spacial score (nSPS) is 10.4. The molecule has 0 unspecified atom stereocenters. The van der Waals surface area contributed by atoms with Crippen LogP contribution < -0.4 is 10.1 Å². The van der Waals surface area contributed by atoms with Crippen molar-refractivity contribution in [1.82, 2.24) is 9.55 Å². The van der Waals surface area contributed by atoms with E-state index in [4.69, 9.17) is 9.15 Å². The number of imidazole rings is 1. The molecule has 0 fully saturated rings. The molecule has 7 heteroatoms. The first-order valence-corrected chi connectivity index (χ1v) is 7.24. The van der Waals surface area contributed by atoms with Crippen LogP contribution in [-0.2, 0) is 11.3 Å². The first-order chi connectivity index (χ1) is 11.6. The molecule has 0 saturated heterocycles. The maximum Gasteiger partial charge on any atom is 0.379 e. The number of amides is 1. The molecule has 0 aliphatic carbocycles. The van der Waals surface area contributed by atoms with Gasteiger partial charge < -0.3 is 19.0 Å². The number of anilines is 1. The van der Waals surface area contributed by atoms with E-state index in [1.165, 1.54) is 6.92 Å². The van der Waals surface area contributed by atoms with Crippen molar-refractivity contribution in [1.29, 1.82) is 0 Å². The van der Waals surface area contributed by atoms with Crippen LogP contribution in [-0.4, -0.2) is 21.4 Å². The van der Waals surface area contributed by atoms with Gasteiger partial charge in [-0.1, -0.05) is 0 Å². The molecular weight excluding hydrogens is 310 g/mol. The summed E-state index contributed by atoms with van der Waals surface area (Å²) in [5.74, 6) is 0.360. The number of nitrogens with one attached hydrogen (secondary N) is 1. The molecule has 3 rings (SSSR count). The van der Waals surface area contributed by atoms with Gasteiger partial charge in [0.25, 0.3) is 0 Å². The van der Waals surface area contributed by atoms with Gasteiger partial charge in [-0.2, -0.15) is 0 Å². The van der Waals surface area contributed by atoms with E-state index >= 15 is 0 Å². The lowest BCUT2D eigenvalue weighted by molar-refractivity contribution is -0.114. The summed E-state index contributed by atoms with van der Waals surface area (Å²) in [5.41, 5.74) is 0.628. The van der Waals surface area contributed by atoms with Gasteiger partial charge in [0.2, 0.25) is 11.7 Å². The predicted octanol–water partition coefficient (Wildman–Crippen LogP) is 2.70. The highest BCUT2D eigenvalue weighted by molar-refractivity contribution is 5.89. The lowest BCUT2D eigenvalue weighted by Crippen LogP contribution is -2.08. The zero-order valence-corrected chi connectivity index (χ0v) is 12.9. The highest BCUT2D eigenvalue weighted by Gasteiger charge is 2.14. The van der Waals surface area contributed by atoms with E-state index in [9.17, 15) is 9.59 Å². The molecule has 0 radical (unpaired) electrons. The topological polar surface area (TPSA) is 86.4 Å². The summed E-state index contributed by atoms with van der Waals surface area (Å²) in [7, 11) is 0. The Labute approximate surface area is 137 Å². The molecule has 0 saturated carbocycles. The number of hydrogen-bond acceptors (Lipinski definition) is 5. The molecule has 0 atom stereocenters. The van der Waals surface area contributed by atoms with Crippen molar-refractivity contribution in [2.45, 2.75) is 13.5 Å². The summed E-state index contributed by atoms with van der Waals surface area (Å²) in [4.78, 5) is 27.0. The summed E-state index contributed by atoms with van der Waals surface area (Å²) in [5, 5.41) is 2.64. The number of aromatic nitrogens is 2. The maximum absolute atomic E-state index is 12.1. The monoisotopic (exact) mass is 325 g/mol. The van der Waals surface area contributed by atoms with Gasteiger partial charge in [0.1, 0.15) is 11.5 Å². The van der Waals surface area contributed by atoms with E-state index in [1.54, 1.807) is 55.1 Å². The van der Waals surface area contributed by atoms with Crippen molar-refractivity contribution in [2.75, 3.05) is 5.32 Å². The van der Waals surface area contributed by atoms with Crippen molar-refractivity contribution < 1.29 is 18.7 Å².